The van der Waals surface area contributed by atoms with Gasteiger partial charge in [-0.05, 0) is 42.3 Å². The van der Waals surface area contributed by atoms with E-state index in [1.54, 1.807) is 34.9 Å². The number of halogens is 1. The van der Waals surface area contributed by atoms with Crippen LogP contribution in [-0.2, 0) is 30.9 Å². The third-order valence-electron chi connectivity index (χ3n) is 5.82. The molecule has 1 aliphatic heterocycles. The molecule has 0 spiro atoms. The number of benzene rings is 2. The molecule has 0 saturated carbocycles. The Hall–Kier alpha value is -4.18. The molecular weight excluding hydrogens is 474 g/mol. The number of hydrogen-bond donors (Lipinski definition) is 2. The van der Waals surface area contributed by atoms with E-state index in [9.17, 15) is 19.5 Å². The van der Waals surface area contributed by atoms with Crippen LogP contribution in [0.5, 0.6) is 0 Å². The van der Waals surface area contributed by atoms with E-state index in [1.807, 2.05) is 6.92 Å². The molecule has 0 fully saturated rings. The summed E-state index contributed by atoms with van der Waals surface area (Å²) in [5, 5.41) is 9.76. The van der Waals surface area contributed by atoms with E-state index in [2.05, 4.69) is 15.0 Å². The maximum absolute atomic E-state index is 12.7. The molecule has 0 radical (unpaired) electrons. The number of ether oxygens (including phenoxy) is 1. The quantitative estimate of drug-likeness (QED) is 0.424. The maximum atomic E-state index is 12.7. The summed E-state index contributed by atoms with van der Waals surface area (Å²) in [4.78, 5) is 47.9. The number of hydrogen-bond acceptors (Lipinski definition) is 6. The predicted octanol–water partition coefficient (Wildman–Crippen LogP) is 3.11. The van der Waals surface area contributed by atoms with Gasteiger partial charge in [-0.1, -0.05) is 29.8 Å². The van der Waals surface area contributed by atoms with Gasteiger partial charge in [-0.2, -0.15) is 0 Å². The van der Waals surface area contributed by atoms with Crippen molar-refractivity contribution in [1.29, 1.82) is 0 Å². The molecule has 0 aliphatic carbocycles. The van der Waals surface area contributed by atoms with E-state index in [4.69, 9.17) is 16.3 Å². The minimum Gasteiger partial charge on any atom is -0.478 e. The van der Waals surface area contributed by atoms with Gasteiger partial charge in [0.1, 0.15) is 12.4 Å². The molecule has 2 N–H and O–H groups in total. The number of nitrogens with one attached hydrogen (secondary N) is 1. The summed E-state index contributed by atoms with van der Waals surface area (Å²) < 4.78 is 9.00. The first-order valence-electron chi connectivity index (χ1n) is 10.9. The van der Waals surface area contributed by atoms with Crippen molar-refractivity contribution in [2.45, 2.75) is 33.0 Å². The number of H-pyrrole nitrogens is 1. The van der Waals surface area contributed by atoms with Crippen molar-refractivity contribution in [2.24, 2.45) is 4.99 Å². The molecule has 2 aromatic heterocycles. The van der Waals surface area contributed by atoms with Crippen LogP contribution in [0.3, 0.4) is 0 Å². The fourth-order valence-electron chi connectivity index (χ4n) is 4.11. The summed E-state index contributed by atoms with van der Waals surface area (Å²) in [6.45, 7) is 2.54. The number of carboxylic acid groups (broad SMARTS) is 1. The van der Waals surface area contributed by atoms with Crippen LogP contribution in [0.15, 0.2) is 57.0 Å². The standard InChI is InChI=1S/C24H20ClN5O5/c1-2-29-18(12-35-19-10-14-5-6-15(23(32)33)9-17(14)26-19)27-21-20(29)22(31)28-24(34)30(21)11-13-3-7-16(25)8-4-13/h3-9H,2,10-12H2,1H3,(H,32,33)(H,28,31,34). The highest BCUT2D eigenvalue weighted by molar-refractivity contribution is 6.30. The van der Waals surface area contributed by atoms with Crippen LogP contribution >= 0.6 is 11.6 Å². The minimum atomic E-state index is -1.02. The summed E-state index contributed by atoms with van der Waals surface area (Å²) in [7, 11) is 0. The molecule has 0 unspecified atom stereocenters. The van der Waals surface area contributed by atoms with E-state index in [0.29, 0.717) is 35.4 Å². The second-order valence-corrected chi connectivity index (χ2v) is 8.47. The fraction of sp³-hybridized carbons (Fsp3) is 0.208. The summed E-state index contributed by atoms with van der Waals surface area (Å²) in [5.74, 6) is -0.137. The number of aromatic carboxylic acids is 1. The van der Waals surface area contributed by atoms with Crippen molar-refractivity contribution in [1.82, 2.24) is 19.1 Å². The van der Waals surface area contributed by atoms with Gasteiger partial charge in [0.15, 0.2) is 17.1 Å². The van der Waals surface area contributed by atoms with Crippen molar-refractivity contribution in [2.75, 3.05) is 0 Å². The maximum Gasteiger partial charge on any atom is 0.335 e. The van der Waals surface area contributed by atoms with Crippen LogP contribution in [0, 0.1) is 0 Å². The number of carboxylic acids is 1. The van der Waals surface area contributed by atoms with Crippen LogP contribution < -0.4 is 11.2 Å². The lowest BCUT2D eigenvalue weighted by molar-refractivity contribution is 0.0697. The molecule has 35 heavy (non-hydrogen) atoms. The first-order valence-corrected chi connectivity index (χ1v) is 11.2. The van der Waals surface area contributed by atoms with E-state index in [1.165, 1.54) is 16.7 Å². The predicted molar refractivity (Wildman–Crippen MR) is 130 cm³/mol. The normalized spacial score (nSPS) is 12.6. The highest BCUT2D eigenvalue weighted by atomic mass is 35.5. The monoisotopic (exact) mass is 493 g/mol. The summed E-state index contributed by atoms with van der Waals surface area (Å²) in [5.41, 5.74) is 1.85. The highest BCUT2D eigenvalue weighted by Gasteiger charge is 2.21. The van der Waals surface area contributed by atoms with Crippen LogP contribution in [0.2, 0.25) is 5.02 Å². The molecule has 2 aromatic carbocycles. The Labute approximate surface area is 203 Å². The van der Waals surface area contributed by atoms with Gasteiger partial charge in [-0.3, -0.25) is 14.3 Å². The molecule has 1 aliphatic rings. The van der Waals surface area contributed by atoms with E-state index in [0.717, 1.165) is 11.1 Å². The molecule has 3 heterocycles. The zero-order chi connectivity index (χ0) is 24.7. The molecule has 0 saturated heterocycles. The van der Waals surface area contributed by atoms with E-state index in [-0.39, 0.29) is 29.9 Å². The third-order valence-corrected chi connectivity index (χ3v) is 6.07. The molecule has 178 valence electrons. The van der Waals surface area contributed by atoms with Crippen molar-refractivity contribution in [3.63, 3.8) is 0 Å². The van der Waals surface area contributed by atoms with Gasteiger partial charge in [0, 0.05) is 11.6 Å². The second-order valence-electron chi connectivity index (χ2n) is 8.04. The number of aromatic nitrogens is 4. The molecule has 0 atom stereocenters. The highest BCUT2D eigenvalue weighted by Crippen LogP contribution is 2.28. The Bertz CT molecular complexity index is 1610. The Morgan fingerprint density at radius 2 is 1.94 bits per heavy atom. The second kappa shape index (κ2) is 8.88. The van der Waals surface area contributed by atoms with Gasteiger partial charge in [-0.15, -0.1) is 0 Å². The number of imidazole rings is 1. The molecule has 4 aromatic rings. The molecule has 10 nitrogen and oxygen atoms in total. The van der Waals surface area contributed by atoms with Gasteiger partial charge >= 0.3 is 11.7 Å². The summed E-state index contributed by atoms with van der Waals surface area (Å²) in [6, 6.07) is 11.8. The van der Waals surface area contributed by atoms with Crippen LogP contribution in [0.25, 0.3) is 11.2 Å². The SMILES string of the molecule is CCn1c(COC2=Nc3cc(C(=O)O)ccc3C2)nc2c1c(=O)[nH]c(=O)n2Cc1ccc(Cl)cc1. The molecule has 5 rings (SSSR count). The third kappa shape index (κ3) is 4.24. The van der Waals surface area contributed by atoms with Crippen LogP contribution in [0.4, 0.5) is 5.69 Å². The van der Waals surface area contributed by atoms with Crippen LogP contribution in [-0.4, -0.2) is 36.1 Å². The van der Waals surface area contributed by atoms with E-state index >= 15 is 0 Å². The molecule has 0 amide bonds. The van der Waals surface area contributed by atoms with Gasteiger partial charge in [-0.25, -0.2) is 19.6 Å². The zero-order valence-electron chi connectivity index (χ0n) is 18.6. The number of nitrogens with zero attached hydrogens (tertiary/aromatic N) is 4. The Balaban J connectivity index is 1.47. The lowest BCUT2D eigenvalue weighted by Gasteiger charge is -2.08. The summed E-state index contributed by atoms with van der Waals surface area (Å²) >= 11 is 5.96. The van der Waals surface area contributed by atoms with Crippen molar-refractivity contribution in [3.05, 3.63) is 90.8 Å². The lowest BCUT2D eigenvalue weighted by Crippen LogP contribution is -2.31. The number of rotatable bonds is 6. The molecule has 11 heteroatoms. The van der Waals surface area contributed by atoms with Crippen molar-refractivity contribution >= 4 is 40.3 Å². The van der Waals surface area contributed by atoms with Crippen molar-refractivity contribution < 1.29 is 14.6 Å². The Morgan fingerprint density at radius 1 is 1.17 bits per heavy atom. The molecular formula is C24H20ClN5O5. The number of aryl methyl sites for hydroxylation is 1. The average Bonchev–Trinajstić information content (AvgIpc) is 3.42. The summed E-state index contributed by atoms with van der Waals surface area (Å²) in [6.07, 6.45) is 0.420. The van der Waals surface area contributed by atoms with Gasteiger partial charge < -0.3 is 14.4 Å². The smallest absolute Gasteiger partial charge is 0.335 e. The largest absolute Gasteiger partial charge is 0.478 e. The lowest BCUT2D eigenvalue weighted by atomic mass is 10.1. The van der Waals surface area contributed by atoms with E-state index < -0.39 is 17.2 Å². The van der Waals surface area contributed by atoms with Crippen molar-refractivity contribution in [3.8, 4) is 0 Å². The number of aliphatic imine (C=N–C) groups is 1. The zero-order valence-corrected chi connectivity index (χ0v) is 19.4. The van der Waals surface area contributed by atoms with Gasteiger partial charge in [0.25, 0.3) is 5.56 Å². The van der Waals surface area contributed by atoms with Gasteiger partial charge in [0.05, 0.1) is 24.2 Å². The Morgan fingerprint density at radius 3 is 2.66 bits per heavy atom. The first kappa shape index (κ1) is 22.6. The average molecular weight is 494 g/mol. The number of carbonyl (C=O) groups is 1. The fourth-order valence-corrected chi connectivity index (χ4v) is 4.23. The van der Waals surface area contributed by atoms with Gasteiger partial charge in [0.2, 0.25) is 0 Å². The Kier molecular flexibility index (Phi) is 5.73. The number of aromatic amines is 1. The molecule has 0 bridgehead atoms. The van der Waals surface area contributed by atoms with Crippen LogP contribution in [0.1, 0.15) is 34.2 Å². The number of fused-ring (bicyclic) bond motifs is 2. The minimum absolute atomic E-state index is 0.0235. The first-order chi connectivity index (χ1) is 16.8. The topological polar surface area (TPSA) is 132 Å².